The first-order valence-electron chi connectivity index (χ1n) is 11.8. The highest BCUT2D eigenvalue weighted by molar-refractivity contribution is 5.94. The van der Waals surface area contributed by atoms with Crippen molar-refractivity contribution in [2.45, 2.75) is 66.4 Å². The van der Waals surface area contributed by atoms with Crippen LogP contribution in [-0.4, -0.2) is 58.2 Å². The van der Waals surface area contributed by atoms with E-state index in [4.69, 9.17) is 23.7 Å². The summed E-state index contributed by atoms with van der Waals surface area (Å²) in [5.74, 6) is 1.06. The summed E-state index contributed by atoms with van der Waals surface area (Å²) in [5, 5.41) is 0. The monoisotopic (exact) mass is 468 g/mol. The molecule has 0 saturated heterocycles. The van der Waals surface area contributed by atoms with Crippen LogP contribution in [0.5, 0.6) is 11.5 Å². The highest BCUT2D eigenvalue weighted by Gasteiger charge is 2.16. The highest BCUT2D eigenvalue weighted by atomic mass is 16.7. The van der Waals surface area contributed by atoms with Gasteiger partial charge in [0.1, 0.15) is 12.2 Å². The molecule has 0 amide bonds. The summed E-state index contributed by atoms with van der Waals surface area (Å²) < 4.78 is 32.1. The molecule has 188 valence electrons. The number of Topliss-reactive ketones (excluding diaryl/α,β-unsaturated/α-hetero) is 1. The first-order chi connectivity index (χ1) is 16.0. The molecular formula is C25H40O8. The third kappa shape index (κ3) is 13.2. The molecule has 2 rings (SSSR count). The van der Waals surface area contributed by atoms with Crippen molar-refractivity contribution in [3.63, 3.8) is 0 Å². The Hall–Kier alpha value is -2.16. The normalized spacial score (nSPS) is 11.6. The predicted molar refractivity (Wildman–Crippen MR) is 125 cm³/mol. The number of hydrogen-bond donors (Lipinski definition) is 0. The fourth-order valence-corrected chi connectivity index (χ4v) is 2.95. The van der Waals surface area contributed by atoms with E-state index in [0.29, 0.717) is 46.4 Å². The maximum atomic E-state index is 10.4. The minimum atomic E-state index is -0.440. The molecule has 0 saturated carbocycles. The molecule has 0 atom stereocenters. The van der Waals surface area contributed by atoms with Crippen molar-refractivity contribution in [3.8, 4) is 11.5 Å². The topological polar surface area (TPSA) is 89.5 Å². The minimum Gasteiger partial charge on any atom is -0.466 e. The molecule has 1 aromatic rings. The van der Waals surface area contributed by atoms with Crippen molar-refractivity contribution in [2.24, 2.45) is 0 Å². The van der Waals surface area contributed by atoms with Gasteiger partial charge in [0.25, 0.3) is 0 Å². The molecule has 0 spiro atoms. The maximum Gasteiger partial charge on any atom is 0.313 e. The van der Waals surface area contributed by atoms with Crippen molar-refractivity contribution in [3.05, 3.63) is 23.3 Å². The summed E-state index contributed by atoms with van der Waals surface area (Å²) in [6, 6.07) is 4.12. The van der Waals surface area contributed by atoms with Crippen molar-refractivity contribution in [1.82, 2.24) is 0 Å². The van der Waals surface area contributed by atoms with Crippen LogP contribution in [0.15, 0.2) is 12.1 Å². The largest absolute Gasteiger partial charge is 0.466 e. The lowest BCUT2D eigenvalue weighted by atomic mass is 10.0. The van der Waals surface area contributed by atoms with Gasteiger partial charge in [0.05, 0.1) is 39.6 Å². The second-order valence-electron chi connectivity index (χ2n) is 7.54. The lowest BCUT2D eigenvalue weighted by Crippen LogP contribution is -2.10. The number of aryl methyl sites for hydroxylation is 1. The Morgan fingerprint density at radius 1 is 0.848 bits per heavy atom. The molecule has 1 heterocycles. The number of esters is 1. The van der Waals surface area contributed by atoms with Crippen LogP contribution in [-0.2, 0) is 41.6 Å². The van der Waals surface area contributed by atoms with Crippen molar-refractivity contribution >= 4 is 11.8 Å². The van der Waals surface area contributed by atoms with E-state index in [1.54, 1.807) is 6.92 Å². The number of fused-ring (bicyclic) bond motifs is 1. The third-order valence-corrected chi connectivity index (χ3v) is 4.56. The van der Waals surface area contributed by atoms with Gasteiger partial charge in [0.2, 0.25) is 6.79 Å². The first kappa shape index (κ1) is 28.9. The average Bonchev–Trinajstić information content (AvgIpc) is 3.22. The first-order valence-corrected chi connectivity index (χ1v) is 11.8. The van der Waals surface area contributed by atoms with Gasteiger partial charge in [-0.2, -0.15) is 0 Å². The number of ketones is 1. The van der Waals surface area contributed by atoms with Gasteiger partial charge in [-0.25, -0.2) is 0 Å². The van der Waals surface area contributed by atoms with E-state index >= 15 is 0 Å². The Balaban J connectivity index is 0.000000513. The zero-order valence-electron chi connectivity index (χ0n) is 20.6. The van der Waals surface area contributed by atoms with E-state index in [0.717, 1.165) is 43.8 Å². The Kier molecular flexibility index (Phi) is 16.0. The Morgan fingerprint density at radius 2 is 1.45 bits per heavy atom. The zero-order chi connectivity index (χ0) is 24.3. The molecule has 0 unspecified atom stereocenters. The molecule has 0 bridgehead atoms. The quantitative estimate of drug-likeness (QED) is 0.202. The van der Waals surface area contributed by atoms with E-state index in [2.05, 4.69) is 24.7 Å². The minimum absolute atomic E-state index is 0.103. The standard InChI is InChI=1S/C19H30O5.C6H10O3/c1-3-5-7-20-8-9-21-10-11-22-14-17-13-19-18(23-15-24-19)12-16(17)6-4-2;1-3-9-6(8)4-5(2)7/h12-13H,3-11,14-15H2,1-2H3;3-4H2,1-2H3. The van der Waals surface area contributed by atoms with Gasteiger partial charge in [-0.15, -0.1) is 0 Å². The van der Waals surface area contributed by atoms with Crippen LogP contribution in [0.1, 0.15) is 64.5 Å². The number of benzene rings is 1. The second kappa shape index (κ2) is 18.3. The van der Waals surface area contributed by atoms with E-state index in [9.17, 15) is 9.59 Å². The summed E-state index contributed by atoms with van der Waals surface area (Å²) in [5.41, 5.74) is 2.44. The lowest BCUT2D eigenvalue weighted by Gasteiger charge is -2.11. The fourth-order valence-electron chi connectivity index (χ4n) is 2.95. The smallest absolute Gasteiger partial charge is 0.313 e. The van der Waals surface area contributed by atoms with E-state index in [1.807, 2.05) is 6.07 Å². The van der Waals surface area contributed by atoms with Gasteiger partial charge < -0.3 is 28.4 Å². The van der Waals surface area contributed by atoms with Gasteiger partial charge in [-0.1, -0.05) is 26.7 Å². The molecule has 0 aliphatic carbocycles. The molecule has 0 N–H and O–H groups in total. The predicted octanol–water partition coefficient (Wildman–Crippen LogP) is 4.25. The van der Waals surface area contributed by atoms with Crippen molar-refractivity contribution in [2.75, 3.05) is 46.4 Å². The second-order valence-corrected chi connectivity index (χ2v) is 7.54. The van der Waals surface area contributed by atoms with Crippen molar-refractivity contribution in [1.29, 1.82) is 0 Å². The lowest BCUT2D eigenvalue weighted by molar-refractivity contribution is -0.145. The van der Waals surface area contributed by atoms with Gasteiger partial charge in [0.15, 0.2) is 11.5 Å². The van der Waals surface area contributed by atoms with Crippen LogP contribution in [0.2, 0.25) is 0 Å². The molecule has 1 aliphatic heterocycles. The fraction of sp³-hybridized carbons (Fsp3) is 0.680. The summed E-state index contributed by atoms with van der Waals surface area (Å²) in [7, 11) is 0. The molecule has 33 heavy (non-hydrogen) atoms. The maximum absolute atomic E-state index is 10.4. The average molecular weight is 469 g/mol. The van der Waals surface area contributed by atoms with Gasteiger partial charge in [-0.3, -0.25) is 9.59 Å². The van der Waals surface area contributed by atoms with Crippen LogP contribution in [0.3, 0.4) is 0 Å². The molecule has 8 nitrogen and oxygen atoms in total. The number of unbranched alkanes of at least 4 members (excludes halogenated alkanes) is 1. The molecule has 1 aromatic carbocycles. The molecular weight excluding hydrogens is 428 g/mol. The Bertz CT molecular complexity index is 689. The summed E-state index contributed by atoms with van der Waals surface area (Å²) >= 11 is 0. The third-order valence-electron chi connectivity index (χ3n) is 4.56. The highest BCUT2D eigenvalue weighted by Crippen LogP contribution is 2.35. The van der Waals surface area contributed by atoms with Crippen LogP contribution in [0.4, 0.5) is 0 Å². The number of hydrogen-bond acceptors (Lipinski definition) is 8. The number of carbonyl (C=O) groups is 2. The zero-order valence-corrected chi connectivity index (χ0v) is 20.6. The molecule has 8 heteroatoms. The molecule has 1 aliphatic rings. The summed E-state index contributed by atoms with van der Waals surface area (Å²) in [6.45, 7) is 11.9. The van der Waals surface area contributed by atoms with Crippen LogP contribution in [0.25, 0.3) is 0 Å². The summed E-state index contributed by atoms with van der Waals surface area (Å²) in [6.07, 6.45) is 4.27. The van der Waals surface area contributed by atoms with E-state index < -0.39 is 5.97 Å². The number of ether oxygens (including phenoxy) is 6. The molecule has 0 aromatic heterocycles. The summed E-state index contributed by atoms with van der Waals surface area (Å²) in [4.78, 5) is 20.6. The molecule has 0 fully saturated rings. The Morgan fingerprint density at radius 3 is 2.03 bits per heavy atom. The van der Waals surface area contributed by atoms with Crippen LogP contribution >= 0.6 is 0 Å². The molecule has 0 radical (unpaired) electrons. The van der Waals surface area contributed by atoms with Gasteiger partial charge in [-0.05, 0) is 49.9 Å². The SMILES string of the molecule is CCCCOCCOCCOCc1cc2c(cc1CCC)OCO2.CCOC(=O)CC(C)=O. The van der Waals surface area contributed by atoms with E-state index in [1.165, 1.54) is 18.1 Å². The van der Waals surface area contributed by atoms with Crippen molar-refractivity contribution < 1.29 is 38.0 Å². The van der Waals surface area contributed by atoms with Crippen LogP contribution < -0.4 is 9.47 Å². The van der Waals surface area contributed by atoms with Gasteiger partial charge in [0, 0.05) is 6.61 Å². The van der Waals surface area contributed by atoms with Gasteiger partial charge >= 0.3 is 5.97 Å². The number of carbonyl (C=O) groups excluding carboxylic acids is 2. The Labute approximate surface area is 197 Å². The number of rotatable bonds is 16. The van der Waals surface area contributed by atoms with Crippen LogP contribution in [0, 0.1) is 0 Å². The van der Waals surface area contributed by atoms with E-state index in [-0.39, 0.29) is 12.2 Å².